The van der Waals surface area contributed by atoms with E-state index < -0.39 is 0 Å². The number of oxazole rings is 1. The van der Waals surface area contributed by atoms with Crippen LogP contribution in [0.3, 0.4) is 0 Å². The highest BCUT2D eigenvalue weighted by Gasteiger charge is 2.28. The number of carbonyl (C=O) groups is 1. The first-order valence-corrected chi connectivity index (χ1v) is 9.73. The Labute approximate surface area is 157 Å². The molecule has 0 bridgehead atoms. The second-order valence-corrected chi connectivity index (χ2v) is 7.63. The van der Waals surface area contributed by atoms with Crippen LogP contribution in [0, 0.1) is 11.8 Å². The monoisotopic (exact) mass is 377 g/mol. The molecule has 1 aromatic carbocycles. The number of benzene rings is 1. The van der Waals surface area contributed by atoms with Crippen LogP contribution in [-0.4, -0.2) is 43.7 Å². The van der Waals surface area contributed by atoms with Gasteiger partial charge < -0.3 is 19.4 Å². The van der Waals surface area contributed by atoms with Gasteiger partial charge in [0.2, 0.25) is 5.91 Å². The Balaban J connectivity index is 1.37. The Hall–Kier alpha value is -1.79. The van der Waals surface area contributed by atoms with E-state index in [0.717, 1.165) is 63.1 Å². The predicted molar refractivity (Wildman–Crippen MR) is 101 cm³/mol. The second kappa shape index (κ2) is 7.84. The van der Waals surface area contributed by atoms with E-state index in [-0.39, 0.29) is 11.8 Å². The maximum Gasteiger partial charge on any atom is 0.298 e. The van der Waals surface area contributed by atoms with Gasteiger partial charge in [-0.3, -0.25) is 4.79 Å². The summed E-state index contributed by atoms with van der Waals surface area (Å²) in [5.74, 6) is 0.650. The summed E-state index contributed by atoms with van der Waals surface area (Å²) < 4.78 is 11.2. The number of fused-ring (bicyclic) bond motifs is 1. The minimum atomic E-state index is -0.0257. The van der Waals surface area contributed by atoms with Gasteiger partial charge in [0.05, 0.1) is 5.92 Å². The molecule has 0 saturated carbocycles. The molecule has 4 rings (SSSR count). The molecule has 3 heterocycles. The third kappa shape index (κ3) is 3.96. The third-order valence-corrected chi connectivity index (χ3v) is 5.54. The number of anilines is 1. The first-order valence-electron chi connectivity index (χ1n) is 9.35. The molecule has 2 aliphatic heterocycles. The van der Waals surface area contributed by atoms with E-state index in [9.17, 15) is 4.79 Å². The lowest BCUT2D eigenvalue weighted by molar-refractivity contribution is -0.125. The van der Waals surface area contributed by atoms with Crippen LogP contribution in [0.25, 0.3) is 11.1 Å². The molecule has 1 N–H and O–H groups in total. The average Bonchev–Trinajstić information content (AvgIpc) is 3.10. The zero-order chi connectivity index (χ0) is 17.9. The van der Waals surface area contributed by atoms with E-state index in [1.54, 1.807) is 12.1 Å². The number of piperidine rings is 1. The van der Waals surface area contributed by atoms with Crippen LogP contribution in [0.4, 0.5) is 6.01 Å². The smallest absolute Gasteiger partial charge is 0.298 e. The highest BCUT2D eigenvalue weighted by atomic mass is 35.5. The van der Waals surface area contributed by atoms with Gasteiger partial charge in [0, 0.05) is 37.9 Å². The normalized spacial score (nSPS) is 21.9. The van der Waals surface area contributed by atoms with Gasteiger partial charge >= 0.3 is 0 Å². The number of ether oxygens (including phenoxy) is 1. The number of halogens is 1. The van der Waals surface area contributed by atoms with Crippen LogP contribution >= 0.6 is 11.6 Å². The van der Waals surface area contributed by atoms with Gasteiger partial charge in [0.15, 0.2) is 5.58 Å². The minimum absolute atomic E-state index is 0.0257. The van der Waals surface area contributed by atoms with Crippen LogP contribution < -0.4 is 10.2 Å². The summed E-state index contributed by atoms with van der Waals surface area (Å²) in [6, 6.07) is 5.99. The van der Waals surface area contributed by atoms with Crippen LogP contribution in [0.5, 0.6) is 0 Å². The van der Waals surface area contributed by atoms with Crippen molar-refractivity contribution >= 4 is 34.6 Å². The first-order chi connectivity index (χ1) is 12.7. The van der Waals surface area contributed by atoms with E-state index in [4.69, 9.17) is 20.8 Å². The molecule has 0 aliphatic carbocycles. The zero-order valence-corrected chi connectivity index (χ0v) is 15.5. The SMILES string of the molecule is O=C(NCC1CCOCC1)C1CCCN(c2nc3cc(Cl)ccc3o2)C1. The van der Waals surface area contributed by atoms with Crippen molar-refractivity contribution in [2.24, 2.45) is 11.8 Å². The minimum Gasteiger partial charge on any atom is -0.423 e. The Morgan fingerprint density at radius 3 is 3.00 bits per heavy atom. The summed E-state index contributed by atoms with van der Waals surface area (Å²) in [7, 11) is 0. The molecule has 7 heteroatoms. The highest BCUT2D eigenvalue weighted by molar-refractivity contribution is 6.31. The van der Waals surface area contributed by atoms with Gasteiger partial charge in [0.1, 0.15) is 5.52 Å². The summed E-state index contributed by atoms with van der Waals surface area (Å²) in [4.78, 5) is 19.2. The van der Waals surface area contributed by atoms with Crippen molar-refractivity contribution in [2.75, 3.05) is 37.7 Å². The fraction of sp³-hybridized carbons (Fsp3) is 0.579. The molecule has 2 saturated heterocycles. The van der Waals surface area contributed by atoms with E-state index in [1.807, 2.05) is 6.07 Å². The quantitative estimate of drug-likeness (QED) is 0.885. The van der Waals surface area contributed by atoms with Crippen LogP contribution in [-0.2, 0) is 9.53 Å². The maximum atomic E-state index is 12.6. The average molecular weight is 378 g/mol. The van der Waals surface area contributed by atoms with Crippen LogP contribution in [0.2, 0.25) is 5.02 Å². The summed E-state index contributed by atoms with van der Waals surface area (Å²) in [6.07, 6.45) is 3.92. The largest absolute Gasteiger partial charge is 0.423 e. The van der Waals surface area contributed by atoms with Crippen molar-refractivity contribution in [1.29, 1.82) is 0 Å². The summed E-state index contributed by atoms with van der Waals surface area (Å²) in [5, 5.41) is 3.78. The van der Waals surface area contributed by atoms with Crippen molar-refractivity contribution in [3.05, 3.63) is 23.2 Å². The predicted octanol–water partition coefficient (Wildman–Crippen LogP) is 3.24. The lowest BCUT2D eigenvalue weighted by Crippen LogP contribution is -2.44. The van der Waals surface area contributed by atoms with Crippen molar-refractivity contribution in [3.63, 3.8) is 0 Å². The summed E-state index contributed by atoms with van der Waals surface area (Å²) in [5.41, 5.74) is 1.47. The fourth-order valence-electron chi connectivity index (χ4n) is 3.73. The number of aromatic nitrogens is 1. The first kappa shape index (κ1) is 17.6. The standard InChI is InChI=1S/C19H24ClN3O3/c20-15-3-4-17-16(10-15)22-19(26-17)23-7-1-2-14(12-23)18(24)21-11-13-5-8-25-9-6-13/h3-4,10,13-14H,1-2,5-9,11-12H2,(H,21,24). The van der Waals surface area contributed by atoms with E-state index in [0.29, 0.717) is 23.5 Å². The van der Waals surface area contributed by atoms with Crippen molar-refractivity contribution in [2.45, 2.75) is 25.7 Å². The molecule has 0 radical (unpaired) electrons. The van der Waals surface area contributed by atoms with Gasteiger partial charge in [0.25, 0.3) is 6.01 Å². The molecule has 1 unspecified atom stereocenters. The fourth-order valence-corrected chi connectivity index (χ4v) is 3.89. The summed E-state index contributed by atoms with van der Waals surface area (Å²) >= 11 is 6.02. The molecule has 0 spiro atoms. The number of hydrogen-bond donors (Lipinski definition) is 1. The Bertz CT molecular complexity index is 772. The molecule has 1 aromatic heterocycles. The maximum absolute atomic E-state index is 12.6. The molecule has 26 heavy (non-hydrogen) atoms. The van der Waals surface area contributed by atoms with Gasteiger partial charge in [-0.25, -0.2) is 0 Å². The number of hydrogen-bond acceptors (Lipinski definition) is 5. The lowest BCUT2D eigenvalue weighted by Gasteiger charge is -2.31. The highest BCUT2D eigenvalue weighted by Crippen LogP contribution is 2.28. The van der Waals surface area contributed by atoms with E-state index >= 15 is 0 Å². The number of nitrogens with zero attached hydrogens (tertiary/aromatic N) is 2. The van der Waals surface area contributed by atoms with E-state index in [1.165, 1.54) is 0 Å². The lowest BCUT2D eigenvalue weighted by atomic mass is 9.96. The molecular formula is C19H24ClN3O3. The molecule has 6 nitrogen and oxygen atoms in total. The van der Waals surface area contributed by atoms with Crippen LogP contribution in [0.1, 0.15) is 25.7 Å². The van der Waals surface area contributed by atoms with Gasteiger partial charge in [-0.1, -0.05) is 11.6 Å². The number of carbonyl (C=O) groups excluding carboxylic acids is 1. The second-order valence-electron chi connectivity index (χ2n) is 7.19. The number of rotatable bonds is 4. The van der Waals surface area contributed by atoms with Crippen LogP contribution in [0.15, 0.2) is 22.6 Å². The van der Waals surface area contributed by atoms with Crippen molar-refractivity contribution in [1.82, 2.24) is 10.3 Å². The van der Waals surface area contributed by atoms with Gasteiger partial charge in [-0.15, -0.1) is 0 Å². The number of amides is 1. The zero-order valence-electron chi connectivity index (χ0n) is 14.7. The summed E-state index contributed by atoms with van der Waals surface area (Å²) in [6.45, 7) is 3.85. The Kier molecular flexibility index (Phi) is 5.31. The molecule has 2 fully saturated rings. The van der Waals surface area contributed by atoms with Crippen molar-refractivity contribution < 1.29 is 13.9 Å². The van der Waals surface area contributed by atoms with Gasteiger partial charge in [-0.05, 0) is 49.8 Å². The molecule has 2 aliphatic rings. The Morgan fingerprint density at radius 1 is 1.31 bits per heavy atom. The molecule has 140 valence electrons. The molecular weight excluding hydrogens is 354 g/mol. The van der Waals surface area contributed by atoms with Gasteiger partial charge in [-0.2, -0.15) is 4.98 Å². The molecule has 2 aromatic rings. The molecule has 1 amide bonds. The Morgan fingerprint density at radius 2 is 2.15 bits per heavy atom. The molecule has 1 atom stereocenters. The number of nitrogens with one attached hydrogen (secondary N) is 1. The topological polar surface area (TPSA) is 67.6 Å². The van der Waals surface area contributed by atoms with E-state index in [2.05, 4.69) is 15.2 Å². The van der Waals surface area contributed by atoms with Crippen molar-refractivity contribution in [3.8, 4) is 0 Å². The third-order valence-electron chi connectivity index (χ3n) is 5.31.